The average Bonchev–Trinajstić information content (AvgIpc) is 2.68. The van der Waals surface area contributed by atoms with Gasteiger partial charge in [0.1, 0.15) is 16.7 Å². The van der Waals surface area contributed by atoms with Crippen molar-refractivity contribution in [2.45, 2.75) is 63.7 Å². The maximum atomic E-state index is 12.9. The zero-order chi connectivity index (χ0) is 21.9. The van der Waals surface area contributed by atoms with Crippen molar-refractivity contribution in [2.75, 3.05) is 12.4 Å². The molecule has 2 aromatic heterocycles. The number of carbonyl (C=O) groups is 2. The fraction of sp³-hybridized carbons (Fsp3) is 0.524. The number of anilines is 1. The first kappa shape index (κ1) is 21.8. The molecule has 3 rings (SSSR count). The van der Waals surface area contributed by atoms with E-state index in [1.807, 2.05) is 0 Å². The van der Waals surface area contributed by atoms with Gasteiger partial charge in [-0.05, 0) is 58.6 Å². The van der Waals surface area contributed by atoms with E-state index < -0.39 is 23.2 Å². The zero-order valence-corrected chi connectivity index (χ0v) is 17.7. The fourth-order valence-corrected chi connectivity index (χ4v) is 3.40. The maximum Gasteiger partial charge on any atom is 0.407 e. The van der Waals surface area contributed by atoms with Crippen LogP contribution >= 0.6 is 0 Å². The largest absolute Gasteiger partial charge is 0.481 e. The monoisotopic (exact) mass is 416 g/mol. The third-order valence-corrected chi connectivity index (χ3v) is 4.97. The van der Waals surface area contributed by atoms with E-state index in [0.29, 0.717) is 35.4 Å². The fourth-order valence-electron chi connectivity index (χ4n) is 3.40. The third-order valence-electron chi connectivity index (χ3n) is 4.97. The van der Waals surface area contributed by atoms with Gasteiger partial charge in [0.15, 0.2) is 0 Å². The van der Waals surface area contributed by atoms with Crippen LogP contribution in [0.2, 0.25) is 0 Å². The van der Waals surface area contributed by atoms with E-state index >= 15 is 0 Å². The lowest BCUT2D eigenvalue weighted by Gasteiger charge is -2.35. The highest BCUT2D eigenvalue weighted by Crippen LogP contribution is 2.31. The first-order chi connectivity index (χ1) is 14.1. The Kier molecular flexibility index (Phi) is 6.12. The SMILES string of the molecule is COc1ccc2nccc(NC(=O)C3(O)CCC(NC(=O)OC(C)(C)C)CC3)c2n1. The standard InChI is InChI=1S/C21H28N4O5/c1-20(2,3)30-19(27)23-13-7-10-21(28,11-8-13)18(26)24-15-9-12-22-14-5-6-16(29-4)25-17(14)15/h5-6,9,12-13,28H,7-8,10-11H2,1-4H3,(H,23,27)(H,22,24,26). The molecule has 0 spiro atoms. The predicted molar refractivity (Wildman–Crippen MR) is 111 cm³/mol. The van der Waals surface area contributed by atoms with Gasteiger partial charge in [0, 0.05) is 18.3 Å². The summed E-state index contributed by atoms with van der Waals surface area (Å²) >= 11 is 0. The lowest BCUT2D eigenvalue weighted by molar-refractivity contribution is -0.137. The van der Waals surface area contributed by atoms with Crippen LogP contribution in [-0.4, -0.2) is 51.4 Å². The highest BCUT2D eigenvalue weighted by molar-refractivity contribution is 6.02. The normalized spacial score (nSPS) is 21.7. The summed E-state index contributed by atoms with van der Waals surface area (Å²) in [5, 5.41) is 16.5. The van der Waals surface area contributed by atoms with Gasteiger partial charge in [0.2, 0.25) is 5.88 Å². The number of pyridine rings is 2. The van der Waals surface area contributed by atoms with Crippen LogP contribution in [-0.2, 0) is 9.53 Å². The first-order valence-corrected chi connectivity index (χ1v) is 9.93. The molecule has 2 heterocycles. The summed E-state index contributed by atoms with van der Waals surface area (Å²) in [6.45, 7) is 5.39. The maximum absolute atomic E-state index is 12.9. The van der Waals surface area contributed by atoms with E-state index in [1.165, 1.54) is 7.11 Å². The van der Waals surface area contributed by atoms with Gasteiger partial charge in [-0.15, -0.1) is 0 Å². The number of nitrogens with zero attached hydrogens (tertiary/aromatic N) is 2. The van der Waals surface area contributed by atoms with Gasteiger partial charge in [0.25, 0.3) is 5.91 Å². The zero-order valence-electron chi connectivity index (χ0n) is 17.7. The number of rotatable bonds is 4. The van der Waals surface area contributed by atoms with Crippen LogP contribution in [0.5, 0.6) is 5.88 Å². The topological polar surface area (TPSA) is 123 Å². The Balaban J connectivity index is 1.64. The number of alkyl carbamates (subject to hydrolysis) is 1. The van der Waals surface area contributed by atoms with Crippen LogP contribution in [0, 0.1) is 0 Å². The van der Waals surface area contributed by atoms with Crippen molar-refractivity contribution in [3.63, 3.8) is 0 Å². The Labute approximate surface area is 175 Å². The van der Waals surface area contributed by atoms with Crippen LogP contribution in [0.25, 0.3) is 11.0 Å². The number of nitrogens with one attached hydrogen (secondary N) is 2. The molecule has 30 heavy (non-hydrogen) atoms. The number of ether oxygens (including phenoxy) is 2. The van der Waals surface area contributed by atoms with Crippen molar-refractivity contribution in [3.05, 3.63) is 24.4 Å². The highest BCUT2D eigenvalue weighted by atomic mass is 16.6. The second-order valence-electron chi connectivity index (χ2n) is 8.49. The Bertz CT molecular complexity index is 933. The Morgan fingerprint density at radius 1 is 1.20 bits per heavy atom. The minimum Gasteiger partial charge on any atom is -0.481 e. The first-order valence-electron chi connectivity index (χ1n) is 9.93. The van der Waals surface area contributed by atoms with Crippen molar-refractivity contribution in [3.8, 4) is 5.88 Å². The molecule has 2 aromatic rings. The van der Waals surface area contributed by atoms with Crippen LogP contribution in [0.4, 0.5) is 10.5 Å². The molecule has 9 heteroatoms. The van der Waals surface area contributed by atoms with Gasteiger partial charge < -0.3 is 25.2 Å². The van der Waals surface area contributed by atoms with E-state index in [-0.39, 0.29) is 18.9 Å². The molecule has 3 N–H and O–H groups in total. The van der Waals surface area contributed by atoms with Crippen LogP contribution in [0.3, 0.4) is 0 Å². The number of hydrogen-bond acceptors (Lipinski definition) is 7. The molecule has 0 bridgehead atoms. The summed E-state index contributed by atoms with van der Waals surface area (Å²) < 4.78 is 10.4. The smallest absolute Gasteiger partial charge is 0.407 e. The third kappa shape index (κ3) is 5.15. The summed E-state index contributed by atoms with van der Waals surface area (Å²) in [7, 11) is 1.51. The molecule has 162 valence electrons. The Hall–Kier alpha value is -2.94. The number of methoxy groups -OCH3 is 1. The molecule has 2 amide bonds. The summed E-state index contributed by atoms with van der Waals surface area (Å²) in [6.07, 6.45) is 2.44. The molecule has 1 saturated carbocycles. The average molecular weight is 416 g/mol. The number of aromatic nitrogens is 2. The molecule has 0 radical (unpaired) electrons. The van der Waals surface area contributed by atoms with Crippen molar-refractivity contribution < 1.29 is 24.2 Å². The Morgan fingerprint density at radius 3 is 2.53 bits per heavy atom. The number of carbonyl (C=O) groups excluding carboxylic acids is 2. The van der Waals surface area contributed by atoms with Crippen molar-refractivity contribution in [1.82, 2.24) is 15.3 Å². The lowest BCUT2D eigenvalue weighted by Crippen LogP contribution is -2.50. The van der Waals surface area contributed by atoms with Crippen LogP contribution in [0.1, 0.15) is 46.5 Å². The molecule has 1 aliphatic carbocycles. The summed E-state index contributed by atoms with van der Waals surface area (Å²) in [4.78, 5) is 33.4. The molecule has 0 aromatic carbocycles. The minimum absolute atomic E-state index is 0.152. The van der Waals surface area contributed by atoms with Gasteiger partial charge in [-0.1, -0.05) is 0 Å². The molecule has 0 saturated heterocycles. The van der Waals surface area contributed by atoms with Crippen LogP contribution in [0.15, 0.2) is 24.4 Å². The van der Waals surface area contributed by atoms with E-state index in [0.717, 1.165) is 0 Å². The lowest BCUT2D eigenvalue weighted by atomic mass is 9.81. The van der Waals surface area contributed by atoms with Crippen molar-refractivity contribution in [2.24, 2.45) is 0 Å². The summed E-state index contributed by atoms with van der Waals surface area (Å²) in [5.41, 5.74) is -0.574. The molecular weight excluding hydrogens is 388 g/mol. The van der Waals surface area contributed by atoms with Gasteiger partial charge >= 0.3 is 6.09 Å². The van der Waals surface area contributed by atoms with E-state index in [2.05, 4.69) is 20.6 Å². The Morgan fingerprint density at radius 2 is 1.90 bits per heavy atom. The highest BCUT2D eigenvalue weighted by Gasteiger charge is 2.40. The van der Waals surface area contributed by atoms with Gasteiger partial charge in [-0.3, -0.25) is 9.78 Å². The molecule has 1 fully saturated rings. The van der Waals surface area contributed by atoms with Gasteiger partial charge in [-0.25, -0.2) is 9.78 Å². The number of hydrogen-bond donors (Lipinski definition) is 3. The number of fused-ring (bicyclic) bond motifs is 1. The molecule has 0 atom stereocenters. The number of amides is 2. The minimum atomic E-state index is -1.53. The van der Waals surface area contributed by atoms with Crippen molar-refractivity contribution >= 4 is 28.7 Å². The second-order valence-corrected chi connectivity index (χ2v) is 8.49. The van der Waals surface area contributed by atoms with E-state index in [1.54, 1.807) is 45.2 Å². The van der Waals surface area contributed by atoms with Gasteiger partial charge in [-0.2, -0.15) is 0 Å². The van der Waals surface area contributed by atoms with E-state index in [4.69, 9.17) is 9.47 Å². The molecule has 9 nitrogen and oxygen atoms in total. The van der Waals surface area contributed by atoms with Crippen LogP contribution < -0.4 is 15.4 Å². The molecule has 0 unspecified atom stereocenters. The molecule has 1 aliphatic rings. The van der Waals surface area contributed by atoms with Crippen molar-refractivity contribution in [1.29, 1.82) is 0 Å². The molecule has 0 aliphatic heterocycles. The van der Waals surface area contributed by atoms with E-state index in [9.17, 15) is 14.7 Å². The van der Waals surface area contributed by atoms with Gasteiger partial charge in [0.05, 0.1) is 18.3 Å². The second kappa shape index (κ2) is 8.43. The molecular formula is C21H28N4O5. The summed E-state index contributed by atoms with van der Waals surface area (Å²) in [6, 6.07) is 4.92. The predicted octanol–water partition coefficient (Wildman–Crippen LogP) is 2.78. The summed E-state index contributed by atoms with van der Waals surface area (Å²) in [5.74, 6) is -0.103. The quantitative estimate of drug-likeness (QED) is 0.700. The number of aliphatic hydroxyl groups is 1.